The van der Waals surface area contributed by atoms with E-state index in [9.17, 15) is 0 Å². The number of pyridine rings is 1. The third-order valence-electron chi connectivity index (χ3n) is 5.35. The summed E-state index contributed by atoms with van der Waals surface area (Å²) in [5, 5.41) is 5.43. The van der Waals surface area contributed by atoms with Gasteiger partial charge in [0.15, 0.2) is 0 Å². The summed E-state index contributed by atoms with van der Waals surface area (Å²) in [6.07, 6.45) is 5.37. The second-order valence-electron chi connectivity index (χ2n) is 9.23. The third-order valence-corrected chi connectivity index (χ3v) is 5.58. The first kappa shape index (κ1) is 22.6. The fourth-order valence-corrected chi connectivity index (χ4v) is 3.73. The molecular formula is C26H34ClN3. The quantitative estimate of drug-likeness (QED) is 0.355. The summed E-state index contributed by atoms with van der Waals surface area (Å²) < 4.78 is 0. The van der Waals surface area contributed by atoms with Crippen LogP contribution in [-0.4, -0.2) is 29.5 Å². The van der Waals surface area contributed by atoms with Crippen molar-refractivity contribution in [2.24, 2.45) is 5.41 Å². The van der Waals surface area contributed by atoms with Crippen molar-refractivity contribution in [2.75, 3.05) is 25.0 Å². The highest BCUT2D eigenvalue weighted by molar-refractivity contribution is 6.31. The topological polar surface area (TPSA) is 28.2 Å². The van der Waals surface area contributed by atoms with Crippen LogP contribution in [0.3, 0.4) is 0 Å². The zero-order valence-corrected chi connectivity index (χ0v) is 19.3. The maximum Gasteiger partial charge on any atom is 0.0737 e. The molecule has 0 bridgehead atoms. The van der Waals surface area contributed by atoms with Crippen LogP contribution < -0.4 is 5.32 Å². The second-order valence-corrected chi connectivity index (χ2v) is 9.66. The molecule has 0 aliphatic carbocycles. The molecule has 0 atom stereocenters. The summed E-state index contributed by atoms with van der Waals surface area (Å²) in [6.45, 7) is 11.2. The zero-order valence-electron chi connectivity index (χ0n) is 18.5. The number of anilines is 1. The number of unbranched alkanes of at least 4 members (excludes halogenated alkanes) is 1. The van der Waals surface area contributed by atoms with Crippen LogP contribution in [0.4, 0.5) is 5.69 Å². The number of hydrogen-bond acceptors (Lipinski definition) is 3. The van der Waals surface area contributed by atoms with Gasteiger partial charge < -0.3 is 5.32 Å². The van der Waals surface area contributed by atoms with E-state index in [0.717, 1.165) is 54.2 Å². The third kappa shape index (κ3) is 7.30. The molecule has 160 valence electrons. The predicted molar refractivity (Wildman–Crippen MR) is 130 cm³/mol. The van der Waals surface area contributed by atoms with Crippen LogP contribution >= 0.6 is 11.6 Å². The second kappa shape index (κ2) is 10.8. The molecule has 0 unspecified atom stereocenters. The molecule has 0 spiro atoms. The van der Waals surface area contributed by atoms with Gasteiger partial charge in [0.1, 0.15) is 0 Å². The summed E-state index contributed by atoms with van der Waals surface area (Å²) in [5.41, 5.74) is 3.82. The molecule has 0 saturated heterocycles. The van der Waals surface area contributed by atoms with Crippen LogP contribution in [0.5, 0.6) is 0 Å². The monoisotopic (exact) mass is 423 g/mol. The van der Waals surface area contributed by atoms with E-state index in [4.69, 9.17) is 11.6 Å². The molecule has 0 aliphatic heterocycles. The molecule has 0 saturated carbocycles. The van der Waals surface area contributed by atoms with Crippen molar-refractivity contribution in [3.05, 3.63) is 71.4 Å². The molecule has 2 aromatic carbocycles. The lowest BCUT2D eigenvalue weighted by molar-refractivity contribution is 0.217. The first-order chi connectivity index (χ1) is 14.4. The van der Waals surface area contributed by atoms with Gasteiger partial charge in [-0.3, -0.25) is 9.88 Å². The average molecular weight is 424 g/mol. The number of rotatable bonds is 10. The summed E-state index contributed by atoms with van der Waals surface area (Å²) in [4.78, 5) is 7.02. The Balaban J connectivity index is 1.50. The van der Waals surface area contributed by atoms with E-state index in [2.05, 4.69) is 66.3 Å². The number of hydrogen-bond donors (Lipinski definition) is 1. The first-order valence-electron chi connectivity index (χ1n) is 11.0. The smallest absolute Gasteiger partial charge is 0.0737 e. The van der Waals surface area contributed by atoms with Gasteiger partial charge in [-0.1, -0.05) is 62.7 Å². The molecule has 3 nitrogen and oxygen atoms in total. The van der Waals surface area contributed by atoms with E-state index in [0.29, 0.717) is 5.41 Å². The largest absolute Gasteiger partial charge is 0.384 e. The highest BCUT2D eigenvalue weighted by Gasteiger charge is 2.13. The fourth-order valence-electron chi connectivity index (χ4n) is 3.56. The highest BCUT2D eigenvalue weighted by atomic mass is 35.5. The lowest BCUT2D eigenvalue weighted by Crippen LogP contribution is -2.28. The van der Waals surface area contributed by atoms with Gasteiger partial charge in [-0.25, -0.2) is 0 Å². The van der Waals surface area contributed by atoms with Crippen LogP contribution in [0.1, 0.15) is 45.6 Å². The van der Waals surface area contributed by atoms with Crippen LogP contribution in [0.15, 0.2) is 60.8 Å². The first-order valence-corrected chi connectivity index (χ1v) is 11.3. The van der Waals surface area contributed by atoms with Gasteiger partial charge in [-0.15, -0.1) is 0 Å². The van der Waals surface area contributed by atoms with Gasteiger partial charge in [-0.05, 0) is 67.6 Å². The van der Waals surface area contributed by atoms with Crippen LogP contribution in [-0.2, 0) is 6.54 Å². The van der Waals surface area contributed by atoms with Crippen molar-refractivity contribution in [3.8, 4) is 0 Å². The Morgan fingerprint density at radius 3 is 2.53 bits per heavy atom. The molecule has 0 amide bonds. The number of nitrogens with zero attached hydrogens (tertiary/aromatic N) is 2. The molecule has 0 aliphatic rings. The van der Waals surface area contributed by atoms with Gasteiger partial charge in [0.2, 0.25) is 0 Å². The van der Waals surface area contributed by atoms with Crippen molar-refractivity contribution < 1.29 is 0 Å². The molecule has 1 heterocycles. The molecule has 30 heavy (non-hydrogen) atoms. The van der Waals surface area contributed by atoms with Gasteiger partial charge in [0.25, 0.3) is 0 Å². The molecule has 3 rings (SSSR count). The van der Waals surface area contributed by atoms with Gasteiger partial charge in [0.05, 0.1) is 5.52 Å². The van der Waals surface area contributed by atoms with Crippen molar-refractivity contribution in [1.29, 1.82) is 0 Å². The van der Waals surface area contributed by atoms with E-state index in [1.807, 2.05) is 30.5 Å². The average Bonchev–Trinajstić information content (AvgIpc) is 2.71. The molecule has 4 heteroatoms. The summed E-state index contributed by atoms with van der Waals surface area (Å²) in [7, 11) is 0. The summed E-state index contributed by atoms with van der Waals surface area (Å²) >= 11 is 6.09. The van der Waals surface area contributed by atoms with Gasteiger partial charge >= 0.3 is 0 Å². The van der Waals surface area contributed by atoms with E-state index in [1.54, 1.807) is 0 Å². The number of benzene rings is 2. The predicted octanol–water partition coefficient (Wildman–Crippen LogP) is 7.02. The van der Waals surface area contributed by atoms with Crippen molar-refractivity contribution >= 4 is 28.2 Å². The molecular weight excluding hydrogens is 390 g/mol. The minimum Gasteiger partial charge on any atom is -0.384 e. The zero-order chi connectivity index (χ0) is 21.4. The molecule has 1 aromatic heterocycles. The standard InChI is InChI=1S/C26H34ClN3/c1-26(2,3)14-18-30(20-21-9-5-4-6-10-21)17-8-7-15-28-24-13-16-29-25-19-22(27)11-12-23(24)25/h4-6,9-13,16,19H,7-8,14-15,17-18,20H2,1-3H3,(H,28,29). The molecule has 0 radical (unpaired) electrons. The molecule has 1 N–H and O–H groups in total. The van der Waals surface area contributed by atoms with Crippen molar-refractivity contribution in [3.63, 3.8) is 0 Å². The Hall–Kier alpha value is -2.10. The normalized spacial score (nSPS) is 11.9. The van der Waals surface area contributed by atoms with E-state index >= 15 is 0 Å². The lowest BCUT2D eigenvalue weighted by Gasteiger charge is -2.27. The maximum absolute atomic E-state index is 6.09. The molecule has 3 aromatic rings. The number of halogens is 1. The van der Waals surface area contributed by atoms with Crippen LogP contribution in [0, 0.1) is 5.41 Å². The summed E-state index contributed by atoms with van der Waals surface area (Å²) in [5.74, 6) is 0. The SMILES string of the molecule is CC(C)(C)CCN(CCCCNc1ccnc2cc(Cl)ccc12)Cc1ccccc1. The van der Waals surface area contributed by atoms with E-state index < -0.39 is 0 Å². The number of nitrogens with one attached hydrogen (secondary N) is 1. The summed E-state index contributed by atoms with van der Waals surface area (Å²) in [6, 6.07) is 18.7. The fraction of sp³-hybridized carbons (Fsp3) is 0.423. The lowest BCUT2D eigenvalue weighted by atomic mass is 9.92. The van der Waals surface area contributed by atoms with Crippen LogP contribution in [0.2, 0.25) is 5.02 Å². The Morgan fingerprint density at radius 2 is 1.77 bits per heavy atom. The number of aromatic nitrogens is 1. The van der Waals surface area contributed by atoms with Crippen molar-refractivity contribution in [2.45, 2.75) is 46.6 Å². The van der Waals surface area contributed by atoms with Gasteiger partial charge in [-0.2, -0.15) is 0 Å². The van der Waals surface area contributed by atoms with Crippen LogP contribution in [0.25, 0.3) is 10.9 Å². The Morgan fingerprint density at radius 1 is 0.967 bits per heavy atom. The minimum absolute atomic E-state index is 0.363. The number of fused-ring (bicyclic) bond motifs is 1. The maximum atomic E-state index is 6.09. The van der Waals surface area contributed by atoms with Crippen molar-refractivity contribution in [1.82, 2.24) is 9.88 Å². The Kier molecular flexibility index (Phi) is 8.12. The minimum atomic E-state index is 0.363. The Bertz CT molecular complexity index is 918. The Labute approximate surface area is 186 Å². The highest BCUT2D eigenvalue weighted by Crippen LogP contribution is 2.24. The van der Waals surface area contributed by atoms with E-state index in [1.165, 1.54) is 18.4 Å². The molecule has 0 fully saturated rings. The van der Waals surface area contributed by atoms with E-state index in [-0.39, 0.29) is 0 Å². The van der Waals surface area contributed by atoms with Gasteiger partial charge in [0, 0.05) is 35.4 Å².